The summed E-state index contributed by atoms with van der Waals surface area (Å²) in [5.41, 5.74) is 6.76. The van der Waals surface area contributed by atoms with Gasteiger partial charge in [-0.3, -0.25) is 4.90 Å². The number of benzene rings is 2. The Balaban J connectivity index is 1.49. The van der Waals surface area contributed by atoms with Crippen molar-refractivity contribution in [3.05, 3.63) is 89.4 Å². The summed E-state index contributed by atoms with van der Waals surface area (Å²) in [6.07, 6.45) is 15.1. The Morgan fingerprint density at radius 1 is 1.03 bits per heavy atom. The normalized spacial score (nSPS) is 17.2. The van der Waals surface area contributed by atoms with Crippen molar-refractivity contribution in [3.63, 3.8) is 0 Å². The SMILES string of the molecule is C\C=C/C=C(NC(=O)N1CCc2cc(-c3ccc(C4CCCCC4)cc3)ccc21)\C(=C/C)OC. The molecule has 0 radical (unpaired) electrons. The van der Waals surface area contributed by atoms with Crippen molar-refractivity contribution >= 4 is 11.7 Å². The largest absolute Gasteiger partial charge is 0.495 e. The molecule has 0 saturated heterocycles. The average Bonchev–Trinajstić information content (AvgIpc) is 3.32. The minimum absolute atomic E-state index is 0.143. The average molecular weight is 457 g/mol. The number of hydrogen-bond acceptors (Lipinski definition) is 2. The standard InChI is InChI=1S/C30H36N2O2/c1-4-6-12-27(29(5-2)34-3)31-30(33)32-20-19-26-21-25(17-18-28(26)32)24-15-13-23(14-16-24)22-10-8-7-9-11-22/h4-6,12-18,21-22H,7-11,19-20H2,1-3H3,(H,31,33)/b6-4-,27-12+,29-5+. The third kappa shape index (κ3) is 5.27. The molecular weight excluding hydrogens is 420 g/mol. The number of methoxy groups -OCH3 is 1. The number of rotatable bonds is 6. The second-order valence-electron chi connectivity index (χ2n) is 9.10. The van der Waals surface area contributed by atoms with Crippen molar-refractivity contribution < 1.29 is 9.53 Å². The Hall–Kier alpha value is -3.27. The Bertz CT molecular complexity index is 1090. The van der Waals surface area contributed by atoms with Crippen LogP contribution in [0.5, 0.6) is 0 Å². The van der Waals surface area contributed by atoms with Gasteiger partial charge in [-0.05, 0) is 85.6 Å². The monoisotopic (exact) mass is 456 g/mol. The number of nitrogens with zero attached hydrogens (tertiary/aromatic N) is 1. The lowest BCUT2D eigenvalue weighted by Crippen LogP contribution is -2.39. The highest BCUT2D eigenvalue weighted by Gasteiger charge is 2.26. The number of nitrogens with one attached hydrogen (secondary N) is 1. The molecule has 0 spiro atoms. The fourth-order valence-corrected chi connectivity index (χ4v) is 5.12. The minimum atomic E-state index is -0.143. The minimum Gasteiger partial charge on any atom is -0.495 e. The summed E-state index contributed by atoms with van der Waals surface area (Å²) in [6.45, 7) is 4.50. The fraction of sp³-hybridized carbons (Fsp3) is 0.367. The first-order valence-corrected chi connectivity index (χ1v) is 12.5. The highest BCUT2D eigenvalue weighted by atomic mass is 16.5. The van der Waals surface area contributed by atoms with E-state index in [0.717, 1.165) is 18.0 Å². The Kier molecular flexibility index (Phi) is 7.89. The van der Waals surface area contributed by atoms with Crippen molar-refractivity contribution in [2.24, 2.45) is 0 Å². The molecule has 1 saturated carbocycles. The van der Waals surface area contributed by atoms with Crippen LogP contribution in [0, 0.1) is 0 Å². The van der Waals surface area contributed by atoms with E-state index in [-0.39, 0.29) is 6.03 Å². The maximum atomic E-state index is 13.1. The second-order valence-corrected chi connectivity index (χ2v) is 9.10. The first-order valence-electron chi connectivity index (χ1n) is 12.5. The van der Waals surface area contributed by atoms with E-state index in [4.69, 9.17) is 4.74 Å². The quantitative estimate of drug-likeness (QED) is 0.361. The summed E-state index contributed by atoms with van der Waals surface area (Å²) in [5.74, 6) is 1.36. The van der Waals surface area contributed by atoms with Gasteiger partial charge in [0, 0.05) is 12.2 Å². The number of carbonyl (C=O) groups excluding carboxylic acids is 1. The maximum Gasteiger partial charge on any atom is 0.326 e. The van der Waals surface area contributed by atoms with Crippen LogP contribution in [0.1, 0.15) is 63.0 Å². The van der Waals surface area contributed by atoms with Crippen molar-refractivity contribution in [1.29, 1.82) is 0 Å². The van der Waals surface area contributed by atoms with Gasteiger partial charge in [0.1, 0.15) is 5.76 Å². The highest BCUT2D eigenvalue weighted by Crippen LogP contribution is 2.35. The molecule has 0 atom stereocenters. The number of hydrogen-bond donors (Lipinski definition) is 1. The van der Waals surface area contributed by atoms with Crippen molar-refractivity contribution in [3.8, 4) is 11.1 Å². The molecule has 2 aromatic rings. The lowest BCUT2D eigenvalue weighted by molar-refractivity contribution is 0.246. The number of amides is 2. The van der Waals surface area contributed by atoms with Crippen molar-refractivity contribution in [1.82, 2.24) is 5.32 Å². The van der Waals surface area contributed by atoms with Gasteiger partial charge in [-0.1, -0.05) is 61.7 Å². The van der Waals surface area contributed by atoms with Gasteiger partial charge in [0.15, 0.2) is 0 Å². The number of urea groups is 1. The second kappa shape index (κ2) is 11.2. The molecule has 1 fully saturated rings. The van der Waals surface area contributed by atoms with E-state index in [9.17, 15) is 4.79 Å². The molecule has 2 amide bonds. The van der Waals surface area contributed by atoms with Crippen molar-refractivity contribution in [2.75, 3.05) is 18.6 Å². The molecule has 0 aromatic heterocycles. The van der Waals surface area contributed by atoms with E-state index in [2.05, 4.69) is 47.8 Å². The molecule has 1 N–H and O–H groups in total. The Labute approximate surface area is 204 Å². The van der Waals surface area contributed by atoms with Crippen LogP contribution >= 0.6 is 0 Å². The first kappa shape index (κ1) is 23.9. The molecular formula is C30H36N2O2. The van der Waals surface area contributed by atoms with Crippen molar-refractivity contribution in [2.45, 2.75) is 58.3 Å². The zero-order chi connectivity index (χ0) is 23.9. The molecule has 4 rings (SSSR count). The van der Waals surface area contributed by atoms with Gasteiger partial charge in [0.25, 0.3) is 0 Å². The van der Waals surface area contributed by atoms with Gasteiger partial charge in [-0.15, -0.1) is 0 Å². The van der Waals surface area contributed by atoms with E-state index in [1.54, 1.807) is 7.11 Å². The van der Waals surface area contributed by atoms with Crippen LogP contribution in [0.25, 0.3) is 11.1 Å². The summed E-state index contributed by atoms with van der Waals surface area (Å²) >= 11 is 0. The van der Waals surface area contributed by atoms with Crippen LogP contribution in [-0.4, -0.2) is 19.7 Å². The number of fused-ring (bicyclic) bond motifs is 1. The number of anilines is 1. The Morgan fingerprint density at radius 2 is 1.76 bits per heavy atom. The molecule has 4 heteroatoms. The molecule has 2 aliphatic rings. The highest BCUT2D eigenvalue weighted by molar-refractivity contribution is 5.96. The third-order valence-electron chi connectivity index (χ3n) is 6.99. The summed E-state index contributed by atoms with van der Waals surface area (Å²) < 4.78 is 5.43. The predicted octanol–water partition coefficient (Wildman–Crippen LogP) is 7.48. The Morgan fingerprint density at radius 3 is 2.44 bits per heavy atom. The van der Waals surface area contributed by atoms with Crippen LogP contribution in [-0.2, 0) is 11.2 Å². The summed E-state index contributed by atoms with van der Waals surface area (Å²) in [7, 11) is 1.61. The summed E-state index contributed by atoms with van der Waals surface area (Å²) in [6, 6.07) is 15.4. The van der Waals surface area contributed by atoms with E-state index in [0.29, 0.717) is 18.0 Å². The molecule has 1 aliphatic carbocycles. The van der Waals surface area contributed by atoms with Gasteiger partial charge in [0.2, 0.25) is 0 Å². The van der Waals surface area contributed by atoms with E-state index < -0.39 is 0 Å². The smallest absolute Gasteiger partial charge is 0.326 e. The van der Waals surface area contributed by atoms with Gasteiger partial charge in [-0.2, -0.15) is 0 Å². The molecule has 1 aliphatic heterocycles. The molecule has 178 valence electrons. The zero-order valence-corrected chi connectivity index (χ0v) is 20.6. The van der Waals surface area contributed by atoms with Gasteiger partial charge >= 0.3 is 6.03 Å². The predicted molar refractivity (Wildman–Crippen MR) is 141 cm³/mol. The molecule has 34 heavy (non-hydrogen) atoms. The van der Waals surface area contributed by atoms with Crippen LogP contribution in [0.15, 0.2) is 78.2 Å². The summed E-state index contributed by atoms with van der Waals surface area (Å²) in [4.78, 5) is 14.9. The lowest BCUT2D eigenvalue weighted by Gasteiger charge is -2.22. The van der Waals surface area contributed by atoms with Crippen LogP contribution in [0.2, 0.25) is 0 Å². The third-order valence-corrected chi connectivity index (χ3v) is 6.99. The van der Waals surface area contributed by atoms with E-state index in [1.165, 1.54) is 54.4 Å². The first-order chi connectivity index (χ1) is 16.6. The maximum absolute atomic E-state index is 13.1. The molecule has 2 aromatic carbocycles. The number of allylic oxidation sites excluding steroid dienone is 4. The molecule has 0 unspecified atom stereocenters. The fourth-order valence-electron chi connectivity index (χ4n) is 5.12. The summed E-state index contributed by atoms with van der Waals surface area (Å²) in [5, 5.41) is 3.02. The van der Waals surface area contributed by atoms with E-state index in [1.807, 2.05) is 43.1 Å². The van der Waals surface area contributed by atoms with Crippen LogP contribution in [0.4, 0.5) is 10.5 Å². The van der Waals surface area contributed by atoms with Gasteiger partial charge in [-0.25, -0.2) is 4.79 Å². The van der Waals surface area contributed by atoms with Gasteiger partial charge in [0.05, 0.1) is 12.8 Å². The van der Waals surface area contributed by atoms with Crippen LogP contribution in [0.3, 0.4) is 0 Å². The number of carbonyl (C=O) groups is 1. The zero-order valence-electron chi connectivity index (χ0n) is 20.6. The molecule has 4 nitrogen and oxygen atoms in total. The number of ether oxygens (including phenoxy) is 1. The van der Waals surface area contributed by atoms with Gasteiger partial charge < -0.3 is 10.1 Å². The molecule has 1 heterocycles. The lowest BCUT2D eigenvalue weighted by atomic mass is 9.83. The topological polar surface area (TPSA) is 41.6 Å². The van der Waals surface area contributed by atoms with E-state index >= 15 is 0 Å². The van der Waals surface area contributed by atoms with Crippen LogP contribution < -0.4 is 10.2 Å². The molecule has 0 bridgehead atoms.